The summed E-state index contributed by atoms with van der Waals surface area (Å²) in [4.78, 5) is 2.25. The molecular weight excluding hydrogens is 251 g/mol. The van der Waals surface area contributed by atoms with Gasteiger partial charge in [0, 0.05) is 13.0 Å². The molecule has 1 unspecified atom stereocenters. The van der Waals surface area contributed by atoms with Gasteiger partial charge in [-0.05, 0) is 26.4 Å². The first-order valence-corrected chi connectivity index (χ1v) is 5.04. The molecule has 1 saturated heterocycles. The van der Waals surface area contributed by atoms with Crippen LogP contribution in [0.5, 0.6) is 0 Å². The van der Waals surface area contributed by atoms with Crippen LogP contribution in [0.2, 0.25) is 0 Å². The topological polar surface area (TPSA) is 68.2 Å². The molecule has 0 bridgehead atoms. The van der Waals surface area contributed by atoms with E-state index < -0.39 is 0 Å². The summed E-state index contributed by atoms with van der Waals surface area (Å²) in [6.07, 6.45) is 2.99. The molecule has 0 aliphatic carbocycles. The highest BCUT2D eigenvalue weighted by molar-refractivity contribution is 5.85. The summed E-state index contributed by atoms with van der Waals surface area (Å²) in [6.45, 7) is 1.67. The molecule has 0 amide bonds. The van der Waals surface area contributed by atoms with Crippen LogP contribution in [0.4, 0.5) is 0 Å². The maximum atomic E-state index is 5.53. The fourth-order valence-corrected chi connectivity index (χ4v) is 1.85. The lowest BCUT2D eigenvalue weighted by Crippen LogP contribution is -2.17. The average molecular weight is 269 g/mol. The van der Waals surface area contributed by atoms with Crippen LogP contribution in [0.15, 0.2) is 4.42 Å². The van der Waals surface area contributed by atoms with E-state index >= 15 is 0 Å². The second kappa shape index (κ2) is 7.06. The molecule has 1 aromatic rings. The lowest BCUT2D eigenvalue weighted by atomic mass is 10.2. The van der Waals surface area contributed by atoms with Crippen molar-refractivity contribution >= 4 is 24.8 Å². The van der Waals surface area contributed by atoms with Crippen molar-refractivity contribution in [3.8, 4) is 0 Å². The fourth-order valence-electron chi connectivity index (χ4n) is 1.85. The predicted molar refractivity (Wildman–Crippen MR) is 66.2 cm³/mol. The first-order valence-electron chi connectivity index (χ1n) is 5.04. The third-order valence-electron chi connectivity index (χ3n) is 2.65. The van der Waals surface area contributed by atoms with Crippen molar-refractivity contribution in [1.82, 2.24) is 15.1 Å². The SMILES string of the molecule is CN1CCCC1c1nnc(CCN)o1.Cl.Cl. The molecule has 2 heterocycles. The van der Waals surface area contributed by atoms with Gasteiger partial charge in [0.15, 0.2) is 0 Å². The van der Waals surface area contributed by atoms with Crippen molar-refractivity contribution in [3.63, 3.8) is 0 Å². The molecule has 5 nitrogen and oxygen atoms in total. The van der Waals surface area contributed by atoms with E-state index in [9.17, 15) is 0 Å². The molecule has 2 N–H and O–H groups in total. The molecule has 2 rings (SSSR count). The fraction of sp³-hybridized carbons (Fsp3) is 0.778. The van der Waals surface area contributed by atoms with E-state index in [0.29, 0.717) is 24.9 Å². The summed E-state index contributed by atoms with van der Waals surface area (Å²) in [5, 5.41) is 8.01. The number of nitrogens with two attached hydrogens (primary N) is 1. The van der Waals surface area contributed by atoms with Crippen LogP contribution in [0.25, 0.3) is 0 Å². The third kappa shape index (κ3) is 3.31. The largest absolute Gasteiger partial charge is 0.424 e. The second-order valence-electron chi connectivity index (χ2n) is 3.71. The summed E-state index contributed by atoms with van der Waals surface area (Å²) in [5.74, 6) is 1.40. The molecular formula is C9H18Cl2N4O. The van der Waals surface area contributed by atoms with Crippen LogP contribution < -0.4 is 5.73 Å². The monoisotopic (exact) mass is 268 g/mol. The van der Waals surface area contributed by atoms with Gasteiger partial charge in [0.05, 0.1) is 6.04 Å². The van der Waals surface area contributed by atoms with E-state index in [1.165, 1.54) is 6.42 Å². The van der Waals surface area contributed by atoms with Gasteiger partial charge in [-0.15, -0.1) is 35.0 Å². The Kier molecular flexibility index (Phi) is 6.90. The van der Waals surface area contributed by atoms with Gasteiger partial charge in [0.2, 0.25) is 11.8 Å². The van der Waals surface area contributed by atoms with Crippen molar-refractivity contribution < 1.29 is 4.42 Å². The highest BCUT2D eigenvalue weighted by Crippen LogP contribution is 2.29. The Morgan fingerprint density at radius 3 is 2.75 bits per heavy atom. The normalized spacial score (nSPS) is 20.2. The standard InChI is InChI=1S/C9H16N4O.2ClH/c1-13-6-2-3-7(13)9-12-11-8(14-9)4-5-10;;/h7H,2-6,10H2,1H3;2*1H. The van der Waals surface area contributed by atoms with Gasteiger partial charge in [-0.25, -0.2) is 0 Å². The first kappa shape index (κ1) is 15.6. The molecule has 0 spiro atoms. The Hall–Kier alpha value is -0.360. The van der Waals surface area contributed by atoms with Crippen molar-refractivity contribution in [2.24, 2.45) is 5.73 Å². The van der Waals surface area contributed by atoms with Crippen LogP contribution in [0.3, 0.4) is 0 Å². The smallest absolute Gasteiger partial charge is 0.233 e. The summed E-state index contributed by atoms with van der Waals surface area (Å²) in [5.41, 5.74) is 5.41. The molecule has 1 aliphatic heterocycles. The molecule has 94 valence electrons. The van der Waals surface area contributed by atoms with E-state index in [-0.39, 0.29) is 24.8 Å². The Balaban J connectivity index is 0.00000112. The molecule has 1 fully saturated rings. The lowest BCUT2D eigenvalue weighted by molar-refractivity contribution is 0.263. The maximum Gasteiger partial charge on any atom is 0.233 e. The minimum atomic E-state index is 0. The maximum absolute atomic E-state index is 5.53. The molecule has 1 aliphatic rings. The number of halogens is 2. The average Bonchev–Trinajstić information content (AvgIpc) is 2.74. The van der Waals surface area contributed by atoms with E-state index in [1.54, 1.807) is 0 Å². The first-order chi connectivity index (χ1) is 6.81. The third-order valence-corrected chi connectivity index (χ3v) is 2.65. The van der Waals surface area contributed by atoms with Crippen LogP contribution in [-0.2, 0) is 6.42 Å². The van der Waals surface area contributed by atoms with Gasteiger partial charge < -0.3 is 10.2 Å². The van der Waals surface area contributed by atoms with Crippen LogP contribution in [0.1, 0.15) is 30.7 Å². The van der Waals surface area contributed by atoms with Crippen molar-refractivity contribution in [1.29, 1.82) is 0 Å². The van der Waals surface area contributed by atoms with E-state index in [4.69, 9.17) is 10.2 Å². The highest BCUT2D eigenvalue weighted by atomic mass is 35.5. The van der Waals surface area contributed by atoms with Crippen LogP contribution in [-0.4, -0.2) is 35.2 Å². The molecule has 1 aromatic heterocycles. The summed E-state index contributed by atoms with van der Waals surface area (Å²) in [6, 6.07) is 0.314. The summed E-state index contributed by atoms with van der Waals surface area (Å²) >= 11 is 0. The summed E-state index contributed by atoms with van der Waals surface area (Å²) < 4.78 is 5.53. The van der Waals surface area contributed by atoms with Crippen molar-refractivity contribution in [3.05, 3.63) is 11.8 Å². The highest BCUT2D eigenvalue weighted by Gasteiger charge is 2.27. The number of hydrogen-bond acceptors (Lipinski definition) is 5. The van der Waals surface area contributed by atoms with Gasteiger partial charge in [0.1, 0.15) is 0 Å². The molecule has 0 aromatic carbocycles. The van der Waals surface area contributed by atoms with Crippen LogP contribution in [0, 0.1) is 0 Å². The number of nitrogens with zero attached hydrogens (tertiary/aromatic N) is 3. The molecule has 1 atom stereocenters. The molecule has 0 radical (unpaired) electrons. The van der Waals surface area contributed by atoms with Gasteiger partial charge in [-0.2, -0.15) is 0 Å². The number of likely N-dealkylation sites (tertiary alicyclic amines) is 1. The molecule has 0 saturated carbocycles. The predicted octanol–water partition coefficient (Wildman–Crippen LogP) is 1.18. The van der Waals surface area contributed by atoms with Crippen molar-refractivity contribution in [2.75, 3.05) is 20.1 Å². The van der Waals surface area contributed by atoms with E-state index in [1.807, 2.05) is 0 Å². The van der Waals surface area contributed by atoms with Gasteiger partial charge in [-0.1, -0.05) is 0 Å². The second-order valence-corrected chi connectivity index (χ2v) is 3.71. The number of hydrogen-bond donors (Lipinski definition) is 1. The van der Waals surface area contributed by atoms with Crippen molar-refractivity contribution in [2.45, 2.75) is 25.3 Å². The van der Waals surface area contributed by atoms with E-state index in [2.05, 4.69) is 22.1 Å². The zero-order valence-corrected chi connectivity index (χ0v) is 10.9. The zero-order chi connectivity index (χ0) is 9.97. The lowest BCUT2D eigenvalue weighted by Gasteiger charge is -2.14. The van der Waals surface area contributed by atoms with E-state index in [0.717, 1.165) is 18.9 Å². The minimum Gasteiger partial charge on any atom is -0.424 e. The van der Waals surface area contributed by atoms with Gasteiger partial charge in [-0.3, -0.25) is 4.90 Å². The molecule has 16 heavy (non-hydrogen) atoms. The Bertz CT molecular complexity index is 307. The zero-order valence-electron chi connectivity index (χ0n) is 9.26. The number of aromatic nitrogens is 2. The number of rotatable bonds is 3. The molecule has 7 heteroatoms. The van der Waals surface area contributed by atoms with Gasteiger partial charge in [0.25, 0.3) is 0 Å². The minimum absolute atomic E-state index is 0. The Morgan fingerprint density at radius 1 is 1.44 bits per heavy atom. The summed E-state index contributed by atoms with van der Waals surface area (Å²) in [7, 11) is 2.09. The Morgan fingerprint density at radius 2 is 2.19 bits per heavy atom. The van der Waals surface area contributed by atoms with Gasteiger partial charge >= 0.3 is 0 Å². The Labute approximate surface area is 108 Å². The quantitative estimate of drug-likeness (QED) is 0.892. The van der Waals surface area contributed by atoms with Crippen LogP contribution >= 0.6 is 24.8 Å².